The van der Waals surface area contributed by atoms with Crippen molar-refractivity contribution in [3.63, 3.8) is 0 Å². The second-order valence-corrected chi connectivity index (χ2v) is 6.29. The minimum absolute atomic E-state index is 0.364. The standard InChI is InChI=1S/C21H23N3/c1-15(2)22-19-13-20(17-9-5-4-6-10-17)24-21(14-19)23-18-11-7-8-16(3)12-18/h4-15H,1-3H3,(H2,22,23,24). The summed E-state index contributed by atoms with van der Waals surface area (Å²) in [5, 5.41) is 6.89. The summed E-state index contributed by atoms with van der Waals surface area (Å²) in [6.07, 6.45) is 0. The molecule has 0 aliphatic rings. The minimum Gasteiger partial charge on any atom is -0.383 e. The molecule has 1 heterocycles. The summed E-state index contributed by atoms with van der Waals surface area (Å²) < 4.78 is 0. The number of nitrogens with one attached hydrogen (secondary N) is 2. The van der Waals surface area contributed by atoms with Crippen LogP contribution in [0.3, 0.4) is 0 Å². The van der Waals surface area contributed by atoms with Gasteiger partial charge in [-0.2, -0.15) is 0 Å². The van der Waals surface area contributed by atoms with Gasteiger partial charge in [0, 0.05) is 29.0 Å². The summed E-state index contributed by atoms with van der Waals surface area (Å²) in [6.45, 7) is 6.36. The molecule has 0 spiro atoms. The van der Waals surface area contributed by atoms with Gasteiger partial charge in [-0.25, -0.2) is 4.98 Å². The van der Waals surface area contributed by atoms with Crippen LogP contribution in [0.5, 0.6) is 0 Å². The zero-order valence-electron chi connectivity index (χ0n) is 14.4. The molecule has 1 aromatic heterocycles. The van der Waals surface area contributed by atoms with E-state index in [1.807, 2.05) is 24.3 Å². The first-order valence-corrected chi connectivity index (χ1v) is 8.28. The number of nitrogens with zero attached hydrogens (tertiary/aromatic N) is 1. The van der Waals surface area contributed by atoms with Crippen LogP contribution in [0.25, 0.3) is 11.3 Å². The Hall–Kier alpha value is -2.81. The Morgan fingerprint density at radius 2 is 1.62 bits per heavy atom. The lowest BCUT2D eigenvalue weighted by Gasteiger charge is -2.14. The molecule has 0 amide bonds. The quantitative estimate of drug-likeness (QED) is 0.641. The Bertz CT molecular complexity index is 810. The Kier molecular flexibility index (Phi) is 4.80. The van der Waals surface area contributed by atoms with Crippen molar-refractivity contribution in [1.29, 1.82) is 0 Å². The molecule has 0 fully saturated rings. The average Bonchev–Trinajstić information content (AvgIpc) is 2.55. The number of hydrogen-bond acceptors (Lipinski definition) is 3. The first-order valence-electron chi connectivity index (χ1n) is 8.28. The van der Waals surface area contributed by atoms with Crippen LogP contribution in [0.2, 0.25) is 0 Å². The third kappa shape index (κ3) is 4.13. The van der Waals surface area contributed by atoms with Crippen molar-refractivity contribution in [2.45, 2.75) is 26.8 Å². The highest BCUT2D eigenvalue weighted by Gasteiger charge is 2.06. The van der Waals surface area contributed by atoms with Crippen molar-refractivity contribution in [3.8, 4) is 11.3 Å². The molecule has 3 heteroatoms. The molecule has 0 atom stereocenters. The molecule has 3 aromatic rings. The monoisotopic (exact) mass is 317 g/mol. The molecule has 0 aliphatic heterocycles. The molecule has 24 heavy (non-hydrogen) atoms. The third-order valence-electron chi connectivity index (χ3n) is 3.64. The maximum absolute atomic E-state index is 4.78. The molecule has 3 rings (SSSR count). The lowest BCUT2D eigenvalue weighted by molar-refractivity contribution is 0.899. The summed E-state index contributed by atoms with van der Waals surface area (Å²) in [5.41, 5.74) is 5.39. The molecule has 3 nitrogen and oxygen atoms in total. The largest absolute Gasteiger partial charge is 0.383 e. The van der Waals surface area contributed by atoms with Crippen molar-refractivity contribution in [2.75, 3.05) is 10.6 Å². The van der Waals surface area contributed by atoms with E-state index in [4.69, 9.17) is 4.98 Å². The second-order valence-electron chi connectivity index (χ2n) is 6.29. The first-order chi connectivity index (χ1) is 11.6. The van der Waals surface area contributed by atoms with Crippen LogP contribution >= 0.6 is 0 Å². The van der Waals surface area contributed by atoms with Gasteiger partial charge in [0.2, 0.25) is 0 Å². The fourth-order valence-corrected chi connectivity index (χ4v) is 2.64. The molecule has 0 unspecified atom stereocenters. The number of rotatable bonds is 5. The average molecular weight is 317 g/mol. The van der Waals surface area contributed by atoms with E-state index in [9.17, 15) is 0 Å². The molecular formula is C21H23N3. The number of aromatic nitrogens is 1. The number of benzene rings is 2. The maximum atomic E-state index is 4.78. The smallest absolute Gasteiger partial charge is 0.133 e. The van der Waals surface area contributed by atoms with Crippen LogP contribution in [0.1, 0.15) is 19.4 Å². The zero-order chi connectivity index (χ0) is 16.9. The van der Waals surface area contributed by atoms with Gasteiger partial charge in [-0.15, -0.1) is 0 Å². The number of aryl methyl sites for hydroxylation is 1. The molecule has 2 N–H and O–H groups in total. The highest BCUT2D eigenvalue weighted by atomic mass is 15.0. The predicted octanol–water partition coefficient (Wildman–Crippen LogP) is 5.62. The molecular weight excluding hydrogens is 294 g/mol. The highest BCUT2D eigenvalue weighted by Crippen LogP contribution is 2.26. The number of anilines is 3. The summed E-state index contributed by atoms with van der Waals surface area (Å²) in [5.74, 6) is 0.838. The lowest BCUT2D eigenvalue weighted by atomic mass is 10.1. The van der Waals surface area contributed by atoms with E-state index in [0.29, 0.717) is 6.04 Å². The summed E-state index contributed by atoms with van der Waals surface area (Å²) >= 11 is 0. The van der Waals surface area contributed by atoms with Crippen LogP contribution in [-0.4, -0.2) is 11.0 Å². The number of hydrogen-bond donors (Lipinski definition) is 2. The predicted molar refractivity (Wildman–Crippen MR) is 103 cm³/mol. The number of pyridine rings is 1. The normalized spacial score (nSPS) is 10.7. The van der Waals surface area contributed by atoms with E-state index in [2.05, 4.69) is 73.9 Å². The van der Waals surface area contributed by atoms with Crippen LogP contribution < -0.4 is 10.6 Å². The van der Waals surface area contributed by atoms with Gasteiger partial charge < -0.3 is 10.6 Å². The SMILES string of the molecule is Cc1cccc(Nc2cc(NC(C)C)cc(-c3ccccc3)n2)c1. The minimum atomic E-state index is 0.364. The molecule has 0 bridgehead atoms. The Balaban J connectivity index is 1.98. The lowest BCUT2D eigenvalue weighted by Crippen LogP contribution is -2.10. The van der Waals surface area contributed by atoms with Gasteiger partial charge in [0.05, 0.1) is 5.69 Å². The van der Waals surface area contributed by atoms with Gasteiger partial charge in [-0.1, -0.05) is 42.5 Å². The van der Waals surface area contributed by atoms with E-state index in [0.717, 1.165) is 28.5 Å². The highest BCUT2D eigenvalue weighted by molar-refractivity contribution is 5.70. The van der Waals surface area contributed by atoms with E-state index < -0.39 is 0 Å². The van der Waals surface area contributed by atoms with Crippen LogP contribution in [0, 0.1) is 6.92 Å². The van der Waals surface area contributed by atoms with E-state index in [1.165, 1.54) is 5.56 Å². The second kappa shape index (κ2) is 7.18. The molecule has 0 saturated carbocycles. The van der Waals surface area contributed by atoms with Crippen molar-refractivity contribution in [2.24, 2.45) is 0 Å². The van der Waals surface area contributed by atoms with E-state index in [1.54, 1.807) is 0 Å². The molecule has 0 radical (unpaired) electrons. The fraction of sp³-hybridized carbons (Fsp3) is 0.190. The van der Waals surface area contributed by atoms with Gasteiger partial charge in [0.25, 0.3) is 0 Å². The van der Waals surface area contributed by atoms with Gasteiger partial charge in [0.1, 0.15) is 5.82 Å². The van der Waals surface area contributed by atoms with Crippen molar-refractivity contribution in [1.82, 2.24) is 4.98 Å². The fourth-order valence-electron chi connectivity index (χ4n) is 2.64. The van der Waals surface area contributed by atoms with Gasteiger partial charge in [-0.05, 0) is 44.5 Å². The summed E-state index contributed by atoms with van der Waals surface area (Å²) in [4.78, 5) is 4.78. The van der Waals surface area contributed by atoms with Gasteiger partial charge in [-0.3, -0.25) is 0 Å². The molecule has 0 saturated heterocycles. The summed E-state index contributed by atoms with van der Waals surface area (Å²) in [6, 6.07) is 23.1. The van der Waals surface area contributed by atoms with E-state index in [-0.39, 0.29) is 0 Å². The van der Waals surface area contributed by atoms with Crippen LogP contribution in [0.15, 0.2) is 66.7 Å². The van der Waals surface area contributed by atoms with Gasteiger partial charge in [0.15, 0.2) is 0 Å². The summed E-state index contributed by atoms with van der Waals surface area (Å²) in [7, 11) is 0. The topological polar surface area (TPSA) is 37.0 Å². The Labute approximate surface area is 143 Å². The van der Waals surface area contributed by atoms with Crippen molar-refractivity contribution >= 4 is 17.2 Å². The molecule has 122 valence electrons. The first kappa shape index (κ1) is 16.1. The van der Waals surface area contributed by atoms with E-state index >= 15 is 0 Å². The molecule has 2 aromatic carbocycles. The zero-order valence-corrected chi connectivity index (χ0v) is 14.4. The Morgan fingerprint density at radius 3 is 2.33 bits per heavy atom. The Morgan fingerprint density at radius 1 is 0.833 bits per heavy atom. The van der Waals surface area contributed by atoms with Crippen molar-refractivity contribution < 1.29 is 0 Å². The molecule has 0 aliphatic carbocycles. The maximum Gasteiger partial charge on any atom is 0.133 e. The van der Waals surface area contributed by atoms with Crippen LogP contribution in [0.4, 0.5) is 17.2 Å². The third-order valence-corrected chi connectivity index (χ3v) is 3.64. The van der Waals surface area contributed by atoms with Crippen molar-refractivity contribution in [3.05, 3.63) is 72.3 Å². The van der Waals surface area contributed by atoms with Crippen LogP contribution in [-0.2, 0) is 0 Å². The van der Waals surface area contributed by atoms with Gasteiger partial charge >= 0.3 is 0 Å².